The molecule has 0 aliphatic heterocycles. The summed E-state index contributed by atoms with van der Waals surface area (Å²) in [5, 5.41) is 7.12. The summed E-state index contributed by atoms with van der Waals surface area (Å²) in [7, 11) is 1.60. The van der Waals surface area contributed by atoms with Gasteiger partial charge in [0.15, 0.2) is 5.76 Å². The summed E-state index contributed by atoms with van der Waals surface area (Å²) in [5.74, 6) is 1.93. The highest BCUT2D eigenvalue weighted by Gasteiger charge is 2.13. The number of nitrogens with zero attached hydrogens (tertiary/aromatic N) is 2. The zero-order valence-corrected chi connectivity index (χ0v) is 15.7. The summed E-state index contributed by atoms with van der Waals surface area (Å²) in [6, 6.07) is 10.7. The van der Waals surface area contributed by atoms with Crippen molar-refractivity contribution in [1.82, 2.24) is 15.1 Å². The molecule has 1 aromatic carbocycles. The second kappa shape index (κ2) is 8.44. The number of hydrogen-bond acceptors (Lipinski definition) is 5. The number of aromatic nitrogens is 2. The van der Waals surface area contributed by atoms with Gasteiger partial charge in [-0.05, 0) is 38.1 Å². The lowest BCUT2D eigenvalue weighted by molar-refractivity contribution is 0.0919. The van der Waals surface area contributed by atoms with Gasteiger partial charge in [0.1, 0.15) is 23.9 Å². The second-order valence-electron chi connectivity index (χ2n) is 5.99. The molecule has 0 unspecified atom stereocenters. The highest BCUT2D eigenvalue weighted by molar-refractivity contribution is 5.91. The molecule has 142 valence electrons. The van der Waals surface area contributed by atoms with E-state index in [0.717, 1.165) is 17.8 Å². The number of furan rings is 1. The Hall–Kier alpha value is -3.22. The first kappa shape index (κ1) is 18.6. The average molecular weight is 369 g/mol. The van der Waals surface area contributed by atoms with Crippen LogP contribution in [0.3, 0.4) is 0 Å². The molecule has 0 bridgehead atoms. The van der Waals surface area contributed by atoms with E-state index in [4.69, 9.17) is 13.9 Å². The molecule has 1 amide bonds. The van der Waals surface area contributed by atoms with E-state index in [1.807, 2.05) is 36.7 Å². The summed E-state index contributed by atoms with van der Waals surface area (Å²) >= 11 is 0. The zero-order chi connectivity index (χ0) is 19.2. The molecular formula is C20H23N3O4. The maximum absolute atomic E-state index is 12.3. The van der Waals surface area contributed by atoms with Crippen LogP contribution >= 0.6 is 0 Å². The van der Waals surface area contributed by atoms with E-state index >= 15 is 0 Å². The summed E-state index contributed by atoms with van der Waals surface area (Å²) in [6.07, 6.45) is 1.77. The van der Waals surface area contributed by atoms with Crippen molar-refractivity contribution in [2.75, 3.05) is 7.11 Å². The van der Waals surface area contributed by atoms with E-state index in [2.05, 4.69) is 10.4 Å². The van der Waals surface area contributed by atoms with Gasteiger partial charge in [-0.15, -0.1) is 0 Å². The minimum Gasteiger partial charge on any atom is -0.497 e. The van der Waals surface area contributed by atoms with Gasteiger partial charge in [-0.1, -0.05) is 6.07 Å². The Morgan fingerprint density at radius 1 is 1.26 bits per heavy atom. The Balaban J connectivity index is 1.54. The molecule has 0 atom stereocenters. The molecule has 0 radical (unpaired) electrons. The third-order valence-electron chi connectivity index (χ3n) is 4.25. The molecular weight excluding hydrogens is 346 g/mol. The highest BCUT2D eigenvalue weighted by Crippen LogP contribution is 2.20. The maximum atomic E-state index is 12.3. The first-order valence-electron chi connectivity index (χ1n) is 8.75. The van der Waals surface area contributed by atoms with Crippen molar-refractivity contribution >= 4 is 5.91 Å². The second-order valence-corrected chi connectivity index (χ2v) is 5.99. The van der Waals surface area contributed by atoms with Gasteiger partial charge < -0.3 is 19.2 Å². The highest BCUT2D eigenvalue weighted by atomic mass is 16.5. The van der Waals surface area contributed by atoms with Crippen LogP contribution in [0.4, 0.5) is 0 Å². The molecule has 0 saturated heterocycles. The lowest BCUT2D eigenvalue weighted by atomic mass is 10.2. The number of ether oxygens (including phenoxy) is 2. The predicted molar refractivity (Wildman–Crippen MR) is 99.8 cm³/mol. The lowest BCUT2D eigenvalue weighted by Crippen LogP contribution is -2.22. The Morgan fingerprint density at radius 2 is 2.07 bits per heavy atom. The van der Waals surface area contributed by atoms with Gasteiger partial charge in [-0.25, -0.2) is 0 Å². The first-order chi connectivity index (χ1) is 13.1. The van der Waals surface area contributed by atoms with Crippen molar-refractivity contribution in [3.8, 4) is 11.5 Å². The molecule has 0 saturated carbocycles. The van der Waals surface area contributed by atoms with Gasteiger partial charge in [0, 0.05) is 30.4 Å². The molecule has 2 heterocycles. The Morgan fingerprint density at radius 3 is 2.81 bits per heavy atom. The molecule has 27 heavy (non-hydrogen) atoms. The average Bonchev–Trinajstić information content (AvgIpc) is 3.31. The van der Waals surface area contributed by atoms with Crippen LogP contribution in [0.5, 0.6) is 11.5 Å². The third kappa shape index (κ3) is 4.49. The van der Waals surface area contributed by atoms with E-state index in [0.29, 0.717) is 23.8 Å². The number of aryl methyl sites for hydroxylation is 1. The maximum Gasteiger partial charge on any atom is 0.287 e. The van der Waals surface area contributed by atoms with Crippen LogP contribution in [-0.2, 0) is 19.7 Å². The Labute approximate surface area is 157 Å². The quantitative estimate of drug-likeness (QED) is 0.659. The number of hydrogen-bond donors (Lipinski definition) is 1. The molecule has 2 aromatic heterocycles. The van der Waals surface area contributed by atoms with Gasteiger partial charge in [-0.2, -0.15) is 5.10 Å². The fourth-order valence-electron chi connectivity index (χ4n) is 2.66. The number of carbonyl (C=O) groups excluding carboxylic acids is 1. The van der Waals surface area contributed by atoms with Crippen LogP contribution in [-0.4, -0.2) is 22.8 Å². The van der Waals surface area contributed by atoms with Crippen LogP contribution in [0.25, 0.3) is 0 Å². The fraction of sp³-hybridized carbons (Fsp3) is 0.300. The predicted octanol–water partition coefficient (Wildman–Crippen LogP) is 3.32. The van der Waals surface area contributed by atoms with Crippen molar-refractivity contribution in [3.05, 3.63) is 65.4 Å². The lowest BCUT2D eigenvalue weighted by Gasteiger charge is -2.06. The molecule has 1 N–H and O–H groups in total. The standard InChI is InChI=1S/C20H23N3O4/c1-4-23-14(2)15(12-22-23)11-21-20(24)19-9-8-18(27-19)13-26-17-7-5-6-16(10-17)25-3/h5-10,12H,4,11,13H2,1-3H3,(H,21,24). The van der Waals surface area contributed by atoms with Crippen molar-refractivity contribution in [1.29, 1.82) is 0 Å². The topological polar surface area (TPSA) is 78.5 Å². The molecule has 0 spiro atoms. The Bertz CT molecular complexity index is 914. The molecule has 0 fully saturated rings. The number of carbonyl (C=O) groups is 1. The number of methoxy groups -OCH3 is 1. The zero-order valence-electron chi connectivity index (χ0n) is 15.7. The van der Waals surface area contributed by atoms with Crippen molar-refractivity contribution in [2.24, 2.45) is 0 Å². The minimum absolute atomic E-state index is 0.225. The van der Waals surface area contributed by atoms with Gasteiger partial charge >= 0.3 is 0 Å². The van der Waals surface area contributed by atoms with E-state index < -0.39 is 0 Å². The summed E-state index contributed by atoms with van der Waals surface area (Å²) in [4.78, 5) is 12.3. The smallest absolute Gasteiger partial charge is 0.287 e. The number of nitrogens with one attached hydrogen (secondary N) is 1. The van der Waals surface area contributed by atoms with Gasteiger partial charge in [0.05, 0.1) is 13.3 Å². The number of rotatable bonds is 8. The Kier molecular flexibility index (Phi) is 5.80. The largest absolute Gasteiger partial charge is 0.497 e. The van der Waals surface area contributed by atoms with Gasteiger partial charge in [0.25, 0.3) is 5.91 Å². The van der Waals surface area contributed by atoms with E-state index in [1.54, 1.807) is 31.5 Å². The summed E-state index contributed by atoms with van der Waals surface area (Å²) in [6.45, 7) is 5.44. The molecule has 3 rings (SSSR count). The molecule has 0 aliphatic rings. The van der Waals surface area contributed by atoms with Crippen LogP contribution < -0.4 is 14.8 Å². The molecule has 3 aromatic rings. The van der Waals surface area contributed by atoms with Crippen LogP contribution in [0.1, 0.15) is 34.5 Å². The van der Waals surface area contributed by atoms with Gasteiger partial charge in [-0.3, -0.25) is 9.48 Å². The van der Waals surface area contributed by atoms with E-state index in [-0.39, 0.29) is 18.3 Å². The van der Waals surface area contributed by atoms with E-state index in [1.165, 1.54) is 0 Å². The monoisotopic (exact) mass is 369 g/mol. The fourth-order valence-corrected chi connectivity index (χ4v) is 2.66. The van der Waals surface area contributed by atoms with Crippen LogP contribution in [0.2, 0.25) is 0 Å². The minimum atomic E-state index is -0.272. The van der Waals surface area contributed by atoms with Crippen molar-refractivity contribution in [3.63, 3.8) is 0 Å². The normalized spacial score (nSPS) is 10.6. The molecule has 0 aliphatic carbocycles. The van der Waals surface area contributed by atoms with Crippen molar-refractivity contribution in [2.45, 2.75) is 33.5 Å². The first-order valence-corrected chi connectivity index (χ1v) is 8.75. The van der Waals surface area contributed by atoms with E-state index in [9.17, 15) is 4.79 Å². The SMILES string of the molecule is CCn1ncc(CNC(=O)c2ccc(COc3cccc(OC)c3)o2)c1C. The molecule has 7 heteroatoms. The van der Waals surface area contributed by atoms with Crippen LogP contribution in [0, 0.1) is 6.92 Å². The van der Waals surface area contributed by atoms with Crippen molar-refractivity contribution < 1.29 is 18.7 Å². The summed E-state index contributed by atoms with van der Waals surface area (Å²) in [5.41, 5.74) is 2.03. The third-order valence-corrected chi connectivity index (χ3v) is 4.25. The van der Waals surface area contributed by atoms with Crippen LogP contribution in [0.15, 0.2) is 47.0 Å². The van der Waals surface area contributed by atoms with Gasteiger partial charge in [0.2, 0.25) is 0 Å². The summed E-state index contributed by atoms with van der Waals surface area (Å²) < 4.78 is 18.3. The number of amides is 1. The molecule has 7 nitrogen and oxygen atoms in total. The number of benzene rings is 1.